The molecule has 0 saturated heterocycles. The largest absolute Gasteiger partial charge is 0.380 e. The SMILES string of the molecule is C#CCC[C@H](OC)C(NS(=O)C(C)(C)C)C(F)S(=O)(=O)c1ccccc1. The molecular formula is C18H26FNO4S2. The Morgan fingerprint density at radius 2 is 1.88 bits per heavy atom. The van der Waals surface area contributed by atoms with Gasteiger partial charge in [0.25, 0.3) is 0 Å². The van der Waals surface area contributed by atoms with E-state index in [-0.39, 0.29) is 17.7 Å². The predicted octanol–water partition coefficient (Wildman–Crippen LogP) is 2.60. The summed E-state index contributed by atoms with van der Waals surface area (Å²) < 4.78 is 60.3. The summed E-state index contributed by atoms with van der Waals surface area (Å²) in [5, 5.41) is 0. The van der Waals surface area contributed by atoms with Crippen LogP contribution in [-0.4, -0.2) is 42.1 Å². The molecule has 0 aliphatic heterocycles. The second-order valence-electron chi connectivity index (χ2n) is 6.75. The molecule has 146 valence electrons. The Morgan fingerprint density at radius 1 is 1.31 bits per heavy atom. The molecule has 26 heavy (non-hydrogen) atoms. The van der Waals surface area contributed by atoms with Gasteiger partial charge in [-0.15, -0.1) is 12.3 Å². The minimum absolute atomic E-state index is 0.146. The number of nitrogens with one attached hydrogen (secondary N) is 1. The van der Waals surface area contributed by atoms with E-state index < -0.39 is 43.2 Å². The van der Waals surface area contributed by atoms with E-state index in [1.807, 2.05) is 0 Å². The topological polar surface area (TPSA) is 72.5 Å². The summed E-state index contributed by atoms with van der Waals surface area (Å²) in [7, 11) is -4.65. The quantitative estimate of drug-likeness (QED) is 0.644. The van der Waals surface area contributed by atoms with Gasteiger partial charge in [0.05, 0.1) is 32.8 Å². The molecule has 0 saturated carbocycles. The highest BCUT2D eigenvalue weighted by Gasteiger charge is 2.41. The Hall–Kier alpha value is -1.27. The van der Waals surface area contributed by atoms with Crippen molar-refractivity contribution in [1.82, 2.24) is 4.72 Å². The lowest BCUT2D eigenvalue weighted by molar-refractivity contribution is 0.0552. The Morgan fingerprint density at radius 3 is 2.35 bits per heavy atom. The third-order valence-corrected chi connectivity index (χ3v) is 7.14. The first-order valence-electron chi connectivity index (χ1n) is 8.13. The monoisotopic (exact) mass is 403 g/mol. The minimum Gasteiger partial charge on any atom is -0.380 e. The smallest absolute Gasteiger partial charge is 0.223 e. The van der Waals surface area contributed by atoms with Crippen molar-refractivity contribution < 1.29 is 21.8 Å². The number of sulfone groups is 1. The molecule has 0 spiro atoms. The van der Waals surface area contributed by atoms with Crippen LogP contribution >= 0.6 is 0 Å². The first-order chi connectivity index (χ1) is 12.1. The van der Waals surface area contributed by atoms with Crippen molar-refractivity contribution in [2.24, 2.45) is 0 Å². The molecule has 1 aromatic carbocycles. The third kappa shape index (κ3) is 5.88. The van der Waals surface area contributed by atoms with Gasteiger partial charge in [-0.2, -0.15) is 0 Å². The molecule has 0 heterocycles. The molecule has 3 unspecified atom stereocenters. The van der Waals surface area contributed by atoms with Gasteiger partial charge in [0.2, 0.25) is 15.3 Å². The molecule has 4 atom stereocenters. The van der Waals surface area contributed by atoms with E-state index in [2.05, 4.69) is 10.6 Å². The molecule has 0 radical (unpaired) electrons. The van der Waals surface area contributed by atoms with Crippen LogP contribution in [0.2, 0.25) is 0 Å². The van der Waals surface area contributed by atoms with Crippen LogP contribution in [0.3, 0.4) is 0 Å². The van der Waals surface area contributed by atoms with Crippen LogP contribution in [0.5, 0.6) is 0 Å². The fourth-order valence-corrected chi connectivity index (χ4v) is 4.59. The van der Waals surface area contributed by atoms with Crippen LogP contribution in [0.15, 0.2) is 35.2 Å². The molecule has 0 amide bonds. The van der Waals surface area contributed by atoms with Crippen molar-refractivity contribution >= 4 is 20.8 Å². The van der Waals surface area contributed by atoms with Gasteiger partial charge in [0.1, 0.15) is 0 Å². The maximum atomic E-state index is 15.2. The zero-order valence-electron chi connectivity index (χ0n) is 15.4. The fourth-order valence-electron chi connectivity index (χ4n) is 2.20. The van der Waals surface area contributed by atoms with Crippen molar-refractivity contribution in [3.63, 3.8) is 0 Å². The summed E-state index contributed by atoms with van der Waals surface area (Å²) >= 11 is 0. The van der Waals surface area contributed by atoms with Crippen molar-refractivity contribution in [3.05, 3.63) is 30.3 Å². The lowest BCUT2D eigenvalue weighted by atomic mass is 10.1. The normalized spacial score (nSPS) is 17.1. The average molecular weight is 404 g/mol. The number of terminal acetylenes is 1. The van der Waals surface area contributed by atoms with Crippen molar-refractivity contribution in [3.8, 4) is 12.3 Å². The molecule has 8 heteroatoms. The average Bonchev–Trinajstić information content (AvgIpc) is 2.60. The highest BCUT2D eigenvalue weighted by molar-refractivity contribution is 7.92. The second-order valence-corrected chi connectivity index (χ2v) is 10.8. The maximum Gasteiger partial charge on any atom is 0.223 e. The third-order valence-electron chi connectivity index (χ3n) is 3.73. The van der Waals surface area contributed by atoms with E-state index in [0.29, 0.717) is 0 Å². The van der Waals surface area contributed by atoms with Gasteiger partial charge in [0, 0.05) is 13.5 Å². The predicted molar refractivity (Wildman–Crippen MR) is 102 cm³/mol. The Labute approximate surface area is 158 Å². The maximum absolute atomic E-state index is 15.2. The van der Waals surface area contributed by atoms with Gasteiger partial charge in [-0.3, -0.25) is 0 Å². The summed E-state index contributed by atoms with van der Waals surface area (Å²) in [5.74, 6) is 2.42. The second kappa shape index (κ2) is 9.60. The molecule has 0 fully saturated rings. The number of ether oxygens (including phenoxy) is 1. The number of methoxy groups -OCH3 is 1. The molecule has 0 aliphatic carbocycles. The van der Waals surface area contributed by atoms with E-state index in [4.69, 9.17) is 11.2 Å². The summed E-state index contributed by atoms with van der Waals surface area (Å²) in [4.78, 5) is -0.146. The highest BCUT2D eigenvalue weighted by atomic mass is 32.2. The van der Waals surface area contributed by atoms with Crippen LogP contribution in [-0.2, 0) is 25.6 Å². The zero-order chi connectivity index (χ0) is 20.0. The van der Waals surface area contributed by atoms with Crippen molar-refractivity contribution in [1.29, 1.82) is 0 Å². The van der Waals surface area contributed by atoms with Gasteiger partial charge in [0.15, 0.2) is 0 Å². The Bertz CT molecular complexity index is 739. The zero-order valence-corrected chi connectivity index (χ0v) is 17.1. The number of halogens is 1. The number of benzene rings is 1. The van der Waals surface area contributed by atoms with Gasteiger partial charge in [-0.1, -0.05) is 18.2 Å². The van der Waals surface area contributed by atoms with Crippen LogP contribution in [0.1, 0.15) is 33.6 Å². The number of hydrogen-bond acceptors (Lipinski definition) is 4. The van der Waals surface area contributed by atoms with E-state index in [1.165, 1.54) is 31.4 Å². The highest BCUT2D eigenvalue weighted by Crippen LogP contribution is 2.25. The number of hydrogen-bond donors (Lipinski definition) is 1. The molecule has 1 aromatic rings. The Kier molecular flexibility index (Phi) is 8.41. The summed E-state index contributed by atoms with van der Waals surface area (Å²) in [6, 6.07) is 5.98. The first kappa shape index (κ1) is 22.8. The fraction of sp³-hybridized carbons (Fsp3) is 0.556. The Balaban J connectivity index is 3.25. The lowest BCUT2D eigenvalue weighted by Gasteiger charge is -2.31. The first-order valence-corrected chi connectivity index (χ1v) is 10.8. The standard InChI is InChI=1S/C18H26FNO4S2/c1-6-7-13-15(24-5)16(20-25(21)18(2,3)4)17(19)26(22,23)14-11-9-8-10-12-14/h1,8-12,15-17,20H,7,13H2,2-5H3/t15-,16?,17?,25?/m0/s1. The van der Waals surface area contributed by atoms with Gasteiger partial charge < -0.3 is 4.74 Å². The van der Waals surface area contributed by atoms with E-state index in [9.17, 15) is 12.6 Å². The van der Waals surface area contributed by atoms with Crippen LogP contribution in [0, 0.1) is 12.3 Å². The van der Waals surface area contributed by atoms with Gasteiger partial charge in [-0.25, -0.2) is 21.7 Å². The molecule has 0 aromatic heterocycles. The number of alkyl halides is 1. The molecular weight excluding hydrogens is 377 g/mol. The summed E-state index contributed by atoms with van der Waals surface area (Å²) in [6.07, 6.45) is 4.91. The molecule has 0 bridgehead atoms. The number of rotatable bonds is 9. The van der Waals surface area contributed by atoms with Gasteiger partial charge in [-0.05, 0) is 39.3 Å². The molecule has 1 N–H and O–H groups in total. The minimum atomic E-state index is -4.30. The summed E-state index contributed by atoms with van der Waals surface area (Å²) in [6.45, 7) is 5.11. The molecule has 0 aliphatic rings. The molecule has 1 rings (SSSR count). The van der Waals surface area contributed by atoms with Crippen LogP contribution in [0.25, 0.3) is 0 Å². The van der Waals surface area contributed by atoms with Crippen molar-refractivity contribution in [2.45, 2.75) is 60.9 Å². The van der Waals surface area contributed by atoms with E-state index >= 15 is 4.39 Å². The van der Waals surface area contributed by atoms with Gasteiger partial charge >= 0.3 is 0 Å². The lowest BCUT2D eigenvalue weighted by Crippen LogP contribution is -2.53. The van der Waals surface area contributed by atoms with Crippen molar-refractivity contribution in [2.75, 3.05) is 7.11 Å². The molecule has 5 nitrogen and oxygen atoms in total. The van der Waals surface area contributed by atoms with Crippen LogP contribution < -0.4 is 4.72 Å². The van der Waals surface area contributed by atoms with E-state index in [1.54, 1.807) is 26.8 Å². The van der Waals surface area contributed by atoms with Crippen LogP contribution in [0.4, 0.5) is 4.39 Å². The van der Waals surface area contributed by atoms with E-state index in [0.717, 1.165) is 0 Å². The summed E-state index contributed by atoms with van der Waals surface area (Å²) in [5.41, 5.74) is -2.35.